The van der Waals surface area contributed by atoms with Crippen LogP contribution in [-0.4, -0.2) is 5.91 Å². The summed E-state index contributed by atoms with van der Waals surface area (Å²) >= 11 is 0. The van der Waals surface area contributed by atoms with Crippen molar-refractivity contribution in [1.29, 1.82) is 0 Å². The summed E-state index contributed by atoms with van der Waals surface area (Å²) in [6.45, 7) is 0. The maximum absolute atomic E-state index is 11.2. The lowest BCUT2D eigenvalue weighted by Gasteiger charge is -2.29. The van der Waals surface area contributed by atoms with Crippen LogP contribution in [0.1, 0.15) is 38.5 Å². The zero-order valence-electron chi connectivity index (χ0n) is 6.81. The van der Waals surface area contributed by atoms with E-state index in [-0.39, 0.29) is 11.3 Å². The van der Waals surface area contributed by atoms with E-state index in [0.29, 0.717) is 0 Å². The molecule has 0 radical (unpaired) electrons. The average Bonchev–Trinajstić information content (AvgIpc) is 2.29. The summed E-state index contributed by atoms with van der Waals surface area (Å²) in [6, 6.07) is 0. The van der Waals surface area contributed by atoms with Crippen molar-refractivity contribution in [2.45, 2.75) is 38.5 Å². The van der Waals surface area contributed by atoms with E-state index < -0.39 is 0 Å². The minimum atomic E-state index is -0.0666. The fourth-order valence-corrected chi connectivity index (χ4v) is 2.79. The van der Waals surface area contributed by atoms with Crippen molar-refractivity contribution < 1.29 is 4.79 Å². The summed E-state index contributed by atoms with van der Waals surface area (Å²) in [6.07, 6.45) is 6.99. The maximum Gasteiger partial charge on any atom is 0.223 e. The molecule has 2 atom stereocenters. The van der Waals surface area contributed by atoms with Crippen molar-refractivity contribution >= 4 is 5.91 Å². The Morgan fingerprint density at radius 3 is 2.82 bits per heavy atom. The predicted molar refractivity (Wildman–Crippen MR) is 42.8 cm³/mol. The molecule has 2 N–H and O–H groups in total. The van der Waals surface area contributed by atoms with Crippen molar-refractivity contribution in [1.82, 2.24) is 0 Å². The van der Waals surface area contributed by atoms with Crippen LogP contribution in [0, 0.1) is 11.3 Å². The second-order valence-corrected chi connectivity index (χ2v) is 4.15. The molecule has 0 spiro atoms. The molecular weight excluding hydrogens is 138 g/mol. The number of fused-ring (bicyclic) bond motifs is 2. The Balaban J connectivity index is 2.19. The molecule has 0 saturated heterocycles. The molecule has 1 amide bonds. The third kappa shape index (κ3) is 0.959. The first-order chi connectivity index (χ1) is 5.23. The zero-order chi connectivity index (χ0) is 7.90. The lowest BCUT2D eigenvalue weighted by Crippen LogP contribution is -2.36. The molecule has 0 aromatic rings. The number of rotatable bonds is 1. The van der Waals surface area contributed by atoms with Crippen molar-refractivity contribution in [2.24, 2.45) is 17.1 Å². The number of amides is 1. The molecule has 2 aliphatic rings. The third-order valence-corrected chi connectivity index (χ3v) is 3.50. The van der Waals surface area contributed by atoms with Gasteiger partial charge in [-0.25, -0.2) is 0 Å². The molecule has 2 unspecified atom stereocenters. The topological polar surface area (TPSA) is 43.1 Å². The minimum absolute atomic E-state index is 0.0419. The van der Waals surface area contributed by atoms with E-state index in [1.807, 2.05) is 0 Å². The summed E-state index contributed by atoms with van der Waals surface area (Å²) in [7, 11) is 0. The van der Waals surface area contributed by atoms with E-state index in [1.165, 1.54) is 19.3 Å². The van der Waals surface area contributed by atoms with Crippen LogP contribution in [0.15, 0.2) is 0 Å². The van der Waals surface area contributed by atoms with Crippen LogP contribution in [0.2, 0.25) is 0 Å². The summed E-state index contributed by atoms with van der Waals surface area (Å²) in [5.41, 5.74) is 5.33. The van der Waals surface area contributed by atoms with E-state index in [9.17, 15) is 4.79 Å². The van der Waals surface area contributed by atoms with Crippen molar-refractivity contribution in [3.63, 3.8) is 0 Å². The molecule has 2 aliphatic carbocycles. The van der Waals surface area contributed by atoms with Gasteiger partial charge in [0.2, 0.25) is 5.91 Å². The van der Waals surface area contributed by atoms with Crippen molar-refractivity contribution in [2.75, 3.05) is 0 Å². The molecular formula is C9H15NO. The molecule has 2 nitrogen and oxygen atoms in total. The Hall–Kier alpha value is -0.530. The van der Waals surface area contributed by atoms with Crippen LogP contribution >= 0.6 is 0 Å². The third-order valence-electron chi connectivity index (χ3n) is 3.50. The number of hydrogen-bond acceptors (Lipinski definition) is 1. The summed E-state index contributed by atoms with van der Waals surface area (Å²) in [5, 5.41) is 0. The van der Waals surface area contributed by atoms with Gasteiger partial charge in [-0.15, -0.1) is 0 Å². The highest BCUT2D eigenvalue weighted by molar-refractivity contribution is 5.81. The molecule has 11 heavy (non-hydrogen) atoms. The molecule has 2 heteroatoms. The summed E-state index contributed by atoms with van der Waals surface area (Å²) in [5.74, 6) is 0.774. The molecule has 2 bridgehead atoms. The van der Waals surface area contributed by atoms with Gasteiger partial charge in [0, 0.05) is 5.41 Å². The van der Waals surface area contributed by atoms with Crippen LogP contribution in [0.3, 0.4) is 0 Å². The van der Waals surface area contributed by atoms with Crippen LogP contribution in [0.4, 0.5) is 0 Å². The lowest BCUT2D eigenvalue weighted by atomic mass is 9.75. The molecule has 0 heterocycles. The summed E-state index contributed by atoms with van der Waals surface area (Å²) in [4.78, 5) is 11.2. The van der Waals surface area contributed by atoms with Crippen molar-refractivity contribution in [3.05, 3.63) is 0 Å². The fraction of sp³-hybridized carbons (Fsp3) is 0.889. The van der Waals surface area contributed by atoms with Gasteiger partial charge in [-0.05, 0) is 31.6 Å². The Bertz CT molecular complexity index is 186. The molecule has 2 rings (SSSR count). The number of carbonyl (C=O) groups is 1. The van der Waals surface area contributed by atoms with Gasteiger partial charge in [0.05, 0.1) is 0 Å². The smallest absolute Gasteiger partial charge is 0.223 e. The van der Waals surface area contributed by atoms with Crippen LogP contribution < -0.4 is 5.73 Å². The highest BCUT2D eigenvalue weighted by atomic mass is 16.1. The Morgan fingerprint density at radius 1 is 1.36 bits per heavy atom. The highest BCUT2D eigenvalue weighted by Crippen LogP contribution is 2.50. The molecule has 2 fully saturated rings. The highest BCUT2D eigenvalue weighted by Gasteiger charge is 2.45. The van der Waals surface area contributed by atoms with Crippen LogP contribution in [0.5, 0.6) is 0 Å². The van der Waals surface area contributed by atoms with Gasteiger partial charge in [-0.1, -0.05) is 12.8 Å². The predicted octanol–water partition coefficient (Wildman–Crippen LogP) is 1.44. The van der Waals surface area contributed by atoms with Crippen molar-refractivity contribution in [3.8, 4) is 0 Å². The number of carbonyl (C=O) groups excluding carboxylic acids is 1. The second-order valence-electron chi connectivity index (χ2n) is 4.15. The first kappa shape index (κ1) is 7.14. The van der Waals surface area contributed by atoms with E-state index in [1.54, 1.807) is 0 Å². The first-order valence-electron chi connectivity index (χ1n) is 4.53. The lowest BCUT2D eigenvalue weighted by molar-refractivity contribution is -0.128. The normalized spacial score (nSPS) is 42.4. The quantitative estimate of drug-likeness (QED) is 0.608. The Kier molecular flexibility index (Phi) is 1.44. The van der Waals surface area contributed by atoms with Gasteiger partial charge in [-0.3, -0.25) is 4.79 Å². The summed E-state index contributed by atoms with van der Waals surface area (Å²) < 4.78 is 0. The van der Waals surface area contributed by atoms with Gasteiger partial charge in [0.15, 0.2) is 0 Å². The van der Waals surface area contributed by atoms with E-state index in [0.717, 1.165) is 25.2 Å². The number of hydrogen-bond donors (Lipinski definition) is 1. The zero-order valence-corrected chi connectivity index (χ0v) is 6.81. The fourth-order valence-electron chi connectivity index (χ4n) is 2.79. The average molecular weight is 153 g/mol. The van der Waals surface area contributed by atoms with Crippen LogP contribution in [-0.2, 0) is 4.79 Å². The first-order valence-corrected chi connectivity index (χ1v) is 4.53. The molecule has 62 valence electrons. The Labute approximate surface area is 67.1 Å². The van der Waals surface area contributed by atoms with Crippen LogP contribution in [0.25, 0.3) is 0 Å². The Morgan fingerprint density at radius 2 is 2.18 bits per heavy atom. The van der Waals surface area contributed by atoms with Gasteiger partial charge < -0.3 is 5.73 Å². The van der Waals surface area contributed by atoms with Gasteiger partial charge >= 0.3 is 0 Å². The SMILES string of the molecule is NC(=O)C12CCCC(CC1)C2. The second kappa shape index (κ2) is 2.23. The molecule has 0 aromatic carbocycles. The molecule has 0 aromatic heterocycles. The molecule has 0 aliphatic heterocycles. The van der Waals surface area contributed by atoms with E-state index in [4.69, 9.17) is 5.73 Å². The number of primary amides is 1. The monoisotopic (exact) mass is 153 g/mol. The van der Waals surface area contributed by atoms with E-state index >= 15 is 0 Å². The standard InChI is InChI=1S/C9H15NO/c10-8(11)9-4-1-2-7(6-9)3-5-9/h7H,1-6H2,(H2,10,11). The maximum atomic E-state index is 11.2. The van der Waals surface area contributed by atoms with E-state index in [2.05, 4.69) is 0 Å². The largest absolute Gasteiger partial charge is 0.369 e. The number of nitrogens with two attached hydrogens (primary N) is 1. The molecule has 2 saturated carbocycles. The van der Waals surface area contributed by atoms with Gasteiger partial charge in [-0.2, -0.15) is 0 Å². The van der Waals surface area contributed by atoms with Gasteiger partial charge in [0.1, 0.15) is 0 Å². The van der Waals surface area contributed by atoms with Gasteiger partial charge in [0.25, 0.3) is 0 Å². The minimum Gasteiger partial charge on any atom is -0.369 e.